The van der Waals surface area contributed by atoms with E-state index in [1.54, 1.807) is 35.6 Å². The van der Waals surface area contributed by atoms with Crippen LogP contribution in [0.4, 0.5) is 8.78 Å². The van der Waals surface area contributed by atoms with Gasteiger partial charge in [-0.1, -0.05) is 34.6 Å². The molecule has 1 radical (unpaired) electrons. The van der Waals surface area contributed by atoms with E-state index in [-0.39, 0.29) is 63.4 Å². The van der Waals surface area contributed by atoms with Gasteiger partial charge in [-0.05, 0) is 60.1 Å². The molecule has 29 heteroatoms. The summed E-state index contributed by atoms with van der Waals surface area (Å²) in [5.41, 5.74) is 7.90. The number of nitrogens with zero attached hydrogens (tertiary/aromatic N) is 16. The molecule has 4 aliphatic heterocycles. The minimum absolute atomic E-state index is 0. The summed E-state index contributed by atoms with van der Waals surface area (Å²) in [5.74, 6) is 1.93. The van der Waals surface area contributed by atoms with Crippen LogP contribution in [0.25, 0.3) is 44.7 Å². The fourth-order valence-corrected chi connectivity index (χ4v) is 10.5. The van der Waals surface area contributed by atoms with E-state index in [9.17, 15) is 29.2 Å². The van der Waals surface area contributed by atoms with E-state index in [1.807, 2.05) is 60.0 Å². The maximum absolute atomic E-state index is 14.5. The van der Waals surface area contributed by atoms with Crippen molar-refractivity contribution in [3.63, 3.8) is 0 Å². The van der Waals surface area contributed by atoms with Gasteiger partial charge in [-0.15, -0.1) is 0 Å². The minimum atomic E-state index is -1.66. The minimum Gasteiger partial charge on any atom is -0.394 e. The number of hydrogen-bond acceptors (Lipinski definition) is 22. The van der Waals surface area contributed by atoms with Crippen molar-refractivity contribution in [3.05, 3.63) is 71.9 Å². The van der Waals surface area contributed by atoms with Gasteiger partial charge in [0.05, 0.1) is 73.5 Å². The van der Waals surface area contributed by atoms with Gasteiger partial charge in [0.25, 0.3) is 0 Å². The van der Waals surface area contributed by atoms with Crippen LogP contribution in [0.5, 0.6) is 0 Å². The molecule has 0 saturated carbocycles. The third-order valence-corrected chi connectivity index (χ3v) is 14.9. The topological polar surface area (TPSA) is 333 Å². The first-order valence-electron chi connectivity index (χ1n) is 26.2. The molecule has 4 aliphatic rings. The summed E-state index contributed by atoms with van der Waals surface area (Å²) < 4.78 is 57.6. The summed E-state index contributed by atoms with van der Waals surface area (Å²) >= 11 is 0. The maximum atomic E-state index is 14.5. The molecule has 12 heterocycles. The van der Waals surface area contributed by atoms with Crippen molar-refractivity contribution in [1.82, 2.24) is 78.1 Å². The molecule has 0 aliphatic carbocycles. The van der Waals surface area contributed by atoms with E-state index in [0.717, 1.165) is 41.1 Å². The normalized spacial score (nSPS) is 30.1. The van der Waals surface area contributed by atoms with Crippen LogP contribution in [0.2, 0.25) is 0 Å². The Morgan fingerprint density at radius 2 is 0.812 bits per heavy atom. The Balaban J connectivity index is 0.000000140. The number of aromatic nitrogens is 16. The number of hydrogen-bond donors (Lipinski definition) is 6. The Morgan fingerprint density at radius 1 is 0.450 bits per heavy atom. The first-order chi connectivity index (χ1) is 37.7. The molecule has 0 spiro atoms. The van der Waals surface area contributed by atoms with E-state index >= 15 is 0 Å². The fraction of sp³-hybridized carbons (Fsp3) is 0.608. The molecule has 4 saturated heterocycles. The van der Waals surface area contributed by atoms with Gasteiger partial charge in [0.2, 0.25) is 0 Å². The molecule has 0 aromatic carbocycles. The van der Waals surface area contributed by atoms with Crippen molar-refractivity contribution in [3.8, 4) is 0 Å². The molecule has 0 amide bonds. The zero-order chi connectivity index (χ0) is 56.9. The van der Waals surface area contributed by atoms with Gasteiger partial charge >= 0.3 is 0 Å². The second-order valence-electron chi connectivity index (χ2n) is 20.3. The molecular weight excluding hydrogens is 1120 g/mol. The Bertz CT molecular complexity index is 3160. The monoisotopic (exact) mass is 1190 g/mol. The number of aliphatic hydroxyl groups excluding tert-OH is 6. The summed E-state index contributed by atoms with van der Waals surface area (Å²) in [4.78, 5) is 50.8. The Hall–Kier alpha value is -5.24. The molecule has 4 unspecified atom stereocenters. The maximum Gasteiger partial charge on any atom is 0.172 e. The first-order valence-corrected chi connectivity index (χ1v) is 26.2. The third kappa shape index (κ3) is 11.5. The Labute approximate surface area is 483 Å². The van der Waals surface area contributed by atoms with Gasteiger partial charge in [-0.2, -0.15) is 0 Å². The summed E-state index contributed by atoms with van der Waals surface area (Å²) in [6.07, 6.45) is -1.37. The number of aryl methyl sites for hydroxylation is 7. The van der Waals surface area contributed by atoms with Crippen LogP contribution < -0.4 is 0 Å². The average molecular weight is 1190 g/mol. The number of aliphatic hydroxyl groups is 6. The van der Waals surface area contributed by atoms with Gasteiger partial charge in [0.15, 0.2) is 54.2 Å². The van der Waals surface area contributed by atoms with Crippen molar-refractivity contribution in [2.75, 3.05) is 13.2 Å². The Morgan fingerprint density at radius 3 is 1.23 bits per heavy atom. The smallest absolute Gasteiger partial charge is 0.172 e. The Kier molecular flexibility index (Phi) is 19.1. The van der Waals surface area contributed by atoms with Gasteiger partial charge in [0.1, 0.15) is 70.6 Å². The van der Waals surface area contributed by atoms with Crippen LogP contribution in [0.1, 0.15) is 106 Å². The number of halogens is 2. The molecule has 80 heavy (non-hydrogen) atoms. The zero-order valence-electron chi connectivity index (χ0n) is 46.2. The number of imidazole rings is 4. The van der Waals surface area contributed by atoms with Crippen LogP contribution in [0.15, 0.2) is 25.3 Å². The number of fused-ring (bicyclic) bond motifs is 4. The largest absolute Gasteiger partial charge is 0.394 e. The van der Waals surface area contributed by atoms with Gasteiger partial charge in [0, 0.05) is 56.4 Å². The molecule has 6 N–H and O–H groups in total. The molecule has 12 rings (SSSR count). The molecular formula is C51H67F2N16O10Y-. The molecule has 429 valence electrons. The fourth-order valence-electron chi connectivity index (χ4n) is 10.5. The van der Waals surface area contributed by atoms with Gasteiger partial charge < -0.3 is 64.1 Å². The second kappa shape index (κ2) is 25.1. The first kappa shape index (κ1) is 60.8. The van der Waals surface area contributed by atoms with E-state index in [4.69, 9.17) is 29.2 Å². The second-order valence-corrected chi connectivity index (χ2v) is 20.3. The van der Waals surface area contributed by atoms with Crippen molar-refractivity contribution in [2.45, 2.75) is 175 Å². The summed E-state index contributed by atoms with van der Waals surface area (Å²) in [6, 6.07) is 0. The van der Waals surface area contributed by atoms with Crippen molar-refractivity contribution < 1.29 is 91.1 Å². The zero-order valence-corrected chi connectivity index (χ0v) is 49.0. The molecule has 8 aromatic heterocycles. The van der Waals surface area contributed by atoms with E-state index in [0.29, 0.717) is 56.7 Å². The van der Waals surface area contributed by atoms with E-state index < -0.39 is 80.5 Å². The quantitative estimate of drug-likeness (QED) is 0.119. The van der Waals surface area contributed by atoms with Gasteiger partial charge in [-0.25, -0.2) is 53.6 Å². The molecule has 8 aromatic rings. The van der Waals surface area contributed by atoms with Gasteiger partial charge in [-0.3, -0.25) is 18.7 Å². The third-order valence-electron chi connectivity index (χ3n) is 14.9. The van der Waals surface area contributed by atoms with Crippen LogP contribution in [0, 0.1) is 66.6 Å². The predicted octanol–water partition coefficient (Wildman–Crippen LogP) is 3.05. The van der Waals surface area contributed by atoms with Crippen molar-refractivity contribution in [2.24, 2.45) is 11.8 Å². The van der Waals surface area contributed by atoms with E-state index in [1.165, 1.54) is 17.2 Å². The van der Waals surface area contributed by atoms with Crippen molar-refractivity contribution in [1.29, 1.82) is 0 Å². The average Bonchev–Trinajstić information content (AvgIpc) is 4.35. The van der Waals surface area contributed by atoms with Crippen LogP contribution >= 0.6 is 0 Å². The van der Waals surface area contributed by atoms with Crippen LogP contribution in [0.3, 0.4) is 0 Å². The molecule has 4 fully saturated rings. The molecule has 26 nitrogen and oxygen atoms in total. The standard InChI is InChI=1S/C14H19FN4O.C14H20N4O2.C12H16N4O4.C11H12FN4O3.Y/c1-5-10-7(2)11(15)14(20-10)19-6-16-12-8(3)17-9(4)18-13(12)19;1-5-10-7(2)12(19)14(20-10)18-6-15-11-8(3)16-9(4)17-13(11)18;1-5-8-11(15-6(2)14-5)16(4-13-8)12-10(19)9(18)7(3-17)20-12;1-5-8-10(14-3-13-5)16(4-15-8)11-7(12)9(18)6(2-17)19-11;/h6-7,10-11,14H,5H2,1-4H3;6-7,10,12,14,19H,5H2,1-4H3;4,7,9-10,12,17-19H,3H2,1-2H3;4,6-7,9,11,17-18H,2H2,1H3;/q;;;-1;/t7-,10+,11?,14+;7-,10+,12?,14+;7-,9+,10?,12-;6-,7?,9+,11-;/m0011./s1. The van der Waals surface area contributed by atoms with E-state index in [2.05, 4.69) is 73.1 Å². The number of ether oxygens (including phenoxy) is 4. The van der Waals surface area contributed by atoms with Crippen molar-refractivity contribution >= 4 is 44.7 Å². The van der Waals surface area contributed by atoms with Crippen LogP contribution in [-0.2, 0) is 51.7 Å². The SMILES string of the molecule is CC[C@H]1O[C@@H](n2cnc3c(C)nc(C)nc32)C(F)[C@H]1C.CC[C@H]1O[C@@H](n2cnc3c(C)nc(C)nc32)C(O)[C@H]1C.Cc1n[c-]nc2c1ncn2[C@@H]1O[C@H](CO)[C@H](O)C1F.Cc1nc(C)c2ncn([C@@H]3O[C@H](CO)[C@H](O)C3O)c2n1.[Y]. The summed E-state index contributed by atoms with van der Waals surface area (Å²) in [6.45, 7) is 20.0. The van der Waals surface area contributed by atoms with Crippen LogP contribution in [-0.4, -0.2) is 183 Å². The number of rotatable bonds is 8. The number of alkyl halides is 2. The predicted molar refractivity (Wildman–Crippen MR) is 276 cm³/mol. The summed E-state index contributed by atoms with van der Waals surface area (Å²) in [7, 11) is 0. The summed E-state index contributed by atoms with van der Waals surface area (Å²) in [5, 5.41) is 58.0. The molecule has 0 bridgehead atoms. The molecule has 16 atom stereocenters.